The van der Waals surface area contributed by atoms with Gasteiger partial charge in [0.2, 0.25) is 0 Å². The second-order valence-corrected chi connectivity index (χ2v) is 8.17. The first-order chi connectivity index (χ1) is 13.6. The van der Waals surface area contributed by atoms with E-state index in [0.29, 0.717) is 26.1 Å². The summed E-state index contributed by atoms with van der Waals surface area (Å²) in [5.74, 6) is -0.0387. The van der Waals surface area contributed by atoms with Crippen LogP contribution in [0.1, 0.15) is 117 Å². The fourth-order valence-electron chi connectivity index (χ4n) is 3.32. The second-order valence-electron chi connectivity index (χ2n) is 8.17. The average molecular weight is 399 g/mol. The Bertz CT molecular complexity index is 368. The van der Waals surface area contributed by atoms with Gasteiger partial charge >= 0.3 is 5.97 Å². The van der Waals surface area contributed by atoms with Gasteiger partial charge in [0.05, 0.1) is 13.2 Å². The van der Waals surface area contributed by atoms with Crippen molar-refractivity contribution in [3.05, 3.63) is 0 Å². The van der Waals surface area contributed by atoms with E-state index in [4.69, 9.17) is 9.47 Å². The molecule has 0 saturated carbocycles. The van der Waals surface area contributed by atoms with Crippen molar-refractivity contribution in [2.24, 2.45) is 5.92 Å². The van der Waals surface area contributed by atoms with Crippen molar-refractivity contribution in [1.82, 2.24) is 0 Å². The van der Waals surface area contributed by atoms with Gasteiger partial charge in [0.1, 0.15) is 5.78 Å². The van der Waals surface area contributed by atoms with Gasteiger partial charge < -0.3 is 14.3 Å². The van der Waals surface area contributed by atoms with Crippen molar-refractivity contribution in [2.75, 3.05) is 19.8 Å². The summed E-state index contributed by atoms with van der Waals surface area (Å²) in [6, 6.07) is 0. The molecule has 166 valence electrons. The molecule has 0 heterocycles. The summed E-state index contributed by atoms with van der Waals surface area (Å²) >= 11 is 0. The molecule has 0 aromatic rings. The number of Topliss-reactive ketones (excluding diaryl/α,β-unsaturated/α-hetero) is 1. The molecule has 1 unspecified atom stereocenters. The molecule has 0 aliphatic carbocycles. The normalized spacial score (nSPS) is 12.1. The molecule has 0 amide bonds. The zero-order chi connectivity index (χ0) is 20.9. The van der Waals surface area contributed by atoms with Crippen LogP contribution in [0, 0.1) is 5.92 Å². The van der Waals surface area contributed by atoms with Gasteiger partial charge in [0.25, 0.3) is 0 Å². The highest BCUT2D eigenvalue weighted by molar-refractivity contribution is 5.75. The molecule has 0 bridgehead atoms. The zero-order valence-corrected chi connectivity index (χ0v) is 18.9. The van der Waals surface area contributed by atoms with Crippen molar-refractivity contribution < 1.29 is 19.1 Å². The van der Waals surface area contributed by atoms with Crippen molar-refractivity contribution in [1.29, 1.82) is 0 Å². The molecule has 0 aliphatic heterocycles. The molecule has 1 atom stereocenters. The SMILES string of the molecule is CCCCCCCCCOCC(COC(=O)CCCCCCCC)CC(C)=O. The smallest absolute Gasteiger partial charge is 0.305 e. The van der Waals surface area contributed by atoms with Crippen molar-refractivity contribution >= 4 is 11.8 Å². The number of esters is 1. The average Bonchev–Trinajstić information content (AvgIpc) is 2.67. The van der Waals surface area contributed by atoms with Crippen molar-refractivity contribution in [2.45, 2.75) is 117 Å². The lowest BCUT2D eigenvalue weighted by Crippen LogP contribution is -2.21. The highest BCUT2D eigenvalue weighted by Gasteiger charge is 2.15. The van der Waals surface area contributed by atoms with E-state index in [1.54, 1.807) is 6.92 Å². The molecule has 4 nitrogen and oxygen atoms in total. The van der Waals surface area contributed by atoms with E-state index >= 15 is 0 Å². The molecule has 0 radical (unpaired) electrons. The van der Waals surface area contributed by atoms with Crippen LogP contribution in [0.25, 0.3) is 0 Å². The predicted octanol–water partition coefficient (Wildman–Crippen LogP) is 6.64. The summed E-state index contributed by atoms with van der Waals surface area (Å²) < 4.78 is 11.1. The van der Waals surface area contributed by atoms with E-state index in [0.717, 1.165) is 25.9 Å². The lowest BCUT2D eigenvalue weighted by molar-refractivity contribution is -0.146. The minimum atomic E-state index is -0.142. The molecule has 0 aromatic heterocycles. The van der Waals surface area contributed by atoms with Crippen LogP contribution in [-0.2, 0) is 19.1 Å². The number of ether oxygens (including phenoxy) is 2. The summed E-state index contributed by atoms with van der Waals surface area (Å²) in [6.07, 6.45) is 16.7. The first kappa shape index (κ1) is 27.1. The van der Waals surface area contributed by atoms with Crippen LogP contribution in [0.3, 0.4) is 0 Å². The summed E-state index contributed by atoms with van der Waals surface area (Å²) in [5, 5.41) is 0. The van der Waals surface area contributed by atoms with Crippen LogP contribution < -0.4 is 0 Å². The number of hydrogen-bond donors (Lipinski definition) is 0. The van der Waals surface area contributed by atoms with Crippen LogP contribution in [0.2, 0.25) is 0 Å². The Morgan fingerprint density at radius 2 is 1.25 bits per heavy atom. The Labute approximate surface area is 174 Å². The Morgan fingerprint density at radius 3 is 1.82 bits per heavy atom. The highest BCUT2D eigenvalue weighted by atomic mass is 16.5. The lowest BCUT2D eigenvalue weighted by Gasteiger charge is -2.16. The fourth-order valence-corrected chi connectivity index (χ4v) is 3.32. The quantitative estimate of drug-likeness (QED) is 0.161. The van der Waals surface area contributed by atoms with Gasteiger partial charge in [0.15, 0.2) is 0 Å². The van der Waals surface area contributed by atoms with Gasteiger partial charge in [0, 0.05) is 25.4 Å². The number of rotatable bonds is 21. The van der Waals surface area contributed by atoms with Crippen LogP contribution in [0.15, 0.2) is 0 Å². The third-order valence-corrected chi connectivity index (χ3v) is 5.04. The number of carbonyl (C=O) groups is 2. The molecule has 4 heteroatoms. The maximum absolute atomic E-state index is 11.9. The van der Waals surface area contributed by atoms with E-state index in [2.05, 4.69) is 13.8 Å². The van der Waals surface area contributed by atoms with E-state index in [9.17, 15) is 9.59 Å². The Balaban J connectivity index is 3.77. The molecule has 0 fully saturated rings. The monoisotopic (exact) mass is 398 g/mol. The minimum absolute atomic E-state index is 0.0180. The van der Waals surface area contributed by atoms with Gasteiger partial charge in [-0.3, -0.25) is 4.79 Å². The highest BCUT2D eigenvalue weighted by Crippen LogP contribution is 2.11. The third-order valence-electron chi connectivity index (χ3n) is 5.04. The van der Waals surface area contributed by atoms with Gasteiger partial charge in [-0.15, -0.1) is 0 Å². The summed E-state index contributed by atoms with van der Waals surface area (Å²) in [7, 11) is 0. The first-order valence-corrected chi connectivity index (χ1v) is 11.8. The van der Waals surface area contributed by atoms with Crippen LogP contribution in [-0.4, -0.2) is 31.6 Å². The number of carbonyl (C=O) groups excluding carboxylic acids is 2. The molecule has 0 saturated heterocycles. The maximum Gasteiger partial charge on any atom is 0.305 e. The lowest BCUT2D eigenvalue weighted by atomic mass is 10.1. The first-order valence-electron chi connectivity index (χ1n) is 11.8. The van der Waals surface area contributed by atoms with E-state index in [1.165, 1.54) is 64.2 Å². The molecular formula is C24H46O4. The Kier molecular flexibility index (Phi) is 20.2. The summed E-state index contributed by atoms with van der Waals surface area (Å²) in [5.41, 5.74) is 0. The zero-order valence-electron chi connectivity index (χ0n) is 18.9. The van der Waals surface area contributed by atoms with Gasteiger partial charge in [-0.25, -0.2) is 0 Å². The molecular weight excluding hydrogens is 352 g/mol. The van der Waals surface area contributed by atoms with E-state index in [-0.39, 0.29) is 17.7 Å². The third kappa shape index (κ3) is 19.9. The number of ketones is 1. The van der Waals surface area contributed by atoms with Crippen LogP contribution in [0.5, 0.6) is 0 Å². The van der Waals surface area contributed by atoms with Crippen molar-refractivity contribution in [3.8, 4) is 0 Å². The largest absolute Gasteiger partial charge is 0.465 e. The molecule has 0 aliphatic rings. The standard InChI is InChI=1S/C24H46O4/c1-4-6-8-10-12-14-16-18-27-20-23(19-22(3)25)21-28-24(26)17-15-13-11-9-7-5-2/h23H,4-21H2,1-3H3. The summed E-state index contributed by atoms with van der Waals surface area (Å²) in [6.45, 7) is 7.55. The van der Waals surface area contributed by atoms with Crippen LogP contribution in [0.4, 0.5) is 0 Å². The molecule has 0 aromatic carbocycles. The predicted molar refractivity (Wildman–Crippen MR) is 117 cm³/mol. The molecule has 0 rings (SSSR count). The van der Waals surface area contributed by atoms with E-state index < -0.39 is 0 Å². The maximum atomic E-state index is 11.9. The Hall–Kier alpha value is -0.900. The Morgan fingerprint density at radius 1 is 0.714 bits per heavy atom. The fraction of sp³-hybridized carbons (Fsp3) is 0.917. The minimum Gasteiger partial charge on any atom is -0.465 e. The molecule has 28 heavy (non-hydrogen) atoms. The van der Waals surface area contributed by atoms with Gasteiger partial charge in [-0.1, -0.05) is 84.5 Å². The second kappa shape index (κ2) is 20.8. The number of unbranched alkanes of at least 4 members (excludes halogenated alkanes) is 11. The molecule has 0 spiro atoms. The number of hydrogen-bond acceptors (Lipinski definition) is 4. The van der Waals surface area contributed by atoms with E-state index in [1.807, 2.05) is 0 Å². The topological polar surface area (TPSA) is 52.6 Å². The van der Waals surface area contributed by atoms with Crippen LogP contribution >= 0.6 is 0 Å². The van der Waals surface area contributed by atoms with Crippen molar-refractivity contribution in [3.63, 3.8) is 0 Å². The van der Waals surface area contributed by atoms with Gasteiger partial charge in [-0.2, -0.15) is 0 Å². The van der Waals surface area contributed by atoms with Gasteiger partial charge in [-0.05, 0) is 19.8 Å². The summed E-state index contributed by atoms with van der Waals surface area (Å²) in [4.78, 5) is 23.4. The molecule has 0 N–H and O–H groups in total.